The van der Waals surface area contributed by atoms with Crippen molar-refractivity contribution in [2.45, 2.75) is 25.8 Å². The van der Waals surface area contributed by atoms with Crippen molar-refractivity contribution in [1.29, 1.82) is 0 Å². The van der Waals surface area contributed by atoms with E-state index in [0.717, 1.165) is 17.5 Å². The molecule has 1 aliphatic rings. The predicted octanol–water partition coefficient (Wildman–Crippen LogP) is 3.40. The summed E-state index contributed by atoms with van der Waals surface area (Å²) in [6.07, 6.45) is 2.72. The zero-order valence-corrected chi connectivity index (χ0v) is 9.22. The first-order valence-electron chi connectivity index (χ1n) is 5.30. The molecule has 1 N–H and O–H groups in total. The highest BCUT2D eigenvalue weighted by molar-refractivity contribution is 6.30. The molecule has 0 bridgehead atoms. The van der Waals surface area contributed by atoms with Crippen molar-refractivity contribution >= 4 is 11.6 Å². The molecule has 0 radical (unpaired) electrons. The van der Waals surface area contributed by atoms with Gasteiger partial charge >= 0.3 is 0 Å². The quantitative estimate of drug-likeness (QED) is 0.802. The van der Waals surface area contributed by atoms with Gasteiger partial charge in [0.15, 0.2) is 0 Å². The van der Waals surface area contributed by atoms with Crippen LogP contribution in [0.15, 0.2) is 24.3 Å². The highest BCUT2D eigenvalue weighted by atomic mass is 35.5. The standard InChI is InChI=1S/C12H16ClN/c1-2-14-12(9-3-4-9)10-5-7-11(13)8-6-10/h5-9,12,14H,2-4H2,1H3. The molecule has 1 unspecified atom stereocenters. The van der Waals surface area contributed by atoms with Crippen LogP contribution < -0.4 is 5.32 Å². The van der Waals surface area contributed by atoms with Crippen molar-refractivity contribution in [2.75, 3.05) is 6.54 Å². The summed E-state index contributed by atoms with van der Waals surface area (Å²) in [5.74, 6) is 0.844. The van der Waals surface area contributed by atoms with Crippen LogP contribution in [0.4, 0.5) is 0 Å². The molecule has 0 saturated heterocycles. The van der Waals surface area contributed by atoms with Crippen LogP contribution >= 0.6 is 11.6 Å². The van der Waals surface area contributed by atoms with Gasteiger partial charge in [0.25, 0.3) is 0 Å². The van der Waals surface area contributed by atoms with Crippen LogP contribution in [0.5, 0.6) is 0 Å². The minimum absolute atomic E-state index is 0.539. The Kier molecular flexibility index (Phi) is 3.09. The lowest BCUT2D eigenvalue weighted by Crippen LogP contribution is -2.22. The smallest absolute Gasteiger partial charge is 0.0406 e. The fraction of sp³-hybridized carbons (Fsp3) is 0.500. The van der Waals surface area contributed by atoms with Gasteiger partial charge in [0.1, 0.15) is 0 Å². The van der Waals surface area contributed by atoms with Gasteiger partial charge in [-0.3, -0.25) is 0 Å². The first kappa shape index (κ1) is 10.0. The molecule has 0 spiro atoms. The average molecular weight is 210 g/mol. The molecule has 76 valence electrons. The average Bonchev–Trinajstić information content (AvgIpc) is 2.99. The predicted molar refractivity (Wildman–Crippen MR) is 60.6 cm³/mol. The molecule has 1 atom stereocenters. The Morgan fingerprint density at radius 1 is 1.36 bits per heavy atom. The summed E-state index contributed by atoms with van der Waals surface area (Å²) in [6.45, 7) is 3.19. The second-order valence-electron chi connectivity index (χ2n) is 3.92. The number of halogens is 1. The summed E-state index contributed by atoms with van der Waals surface area (Å²) in [5, 5.41) is 4.36. The van der Waals surface area contributed by atoms with E-state index in [9.17, 15) is 0 Å². The molecule has 0 aliphatic heterocycles. The summed E-state index contributed by atoms with van der Waals surface area (Å²) >= 11 is 5.87. The Morgan fingerprint density at radius 3 is 2.50 bits per heavy atom. The van der Waals surface area contributed by atoms with Gasteiger partial charge in [0, 0.05) is 11.1 Å². The van der Waals surface area contributed by atoms with E-state index in [1.807, 2.05) is 12.1 Å². The van der Waals surface area contributed by atoms with Crippen LogP contribution in [-0.4, -0.2) is 6.54 Å². The van der Waals surface area contributed by atoms with Crippen LogP contribution in [-0.2, 0) is 0 Å². The minimum atomic E-state index is 0.539. The largest absolute Gasteiger partial charge is 0.310 e. The summed E-state index contributed by atoms with van der Waals surface area (Å²) in [5.41, 5.74) is 1.37. The maximum absolute atomic E-state index is 5.87. The van der Waals surface area contributed by atoms with Gasteiger partial charge < -0.3 is 5.32 Å². The van der Waals surface area contributed by atoms with Crippen molar-refractivity contribution in [3.05, 3.63) is 34.9 Å². The van der Waals surface area contributed by atoms with Crippen molar-refractivity contribution in [1.82, 2.24) is 5.32 Å². The molecule has 2 heteroatoms. The Bertz CT molecular complexity index is 290. The van der Waals surface area contributed by atoms with Crippen molar-refractivity contribution < 1.29 is 0 Å². The van der Waals surface area contributed by atoms with Gasteiger partial charge in [-0.05, 0) is 43.0 Å². The second kappa shape index (κ2) is 4.33. The minimum Gasteiger partial charge on any atom is -0.310 e. The molecule has 0 aromatic heterocycles. The summed E-state index contributed by atoms with van der Waals surface area (Å²) in [4.78, 5) is 0. The Labute approximate surface area is 90.5 Å². The molecule has 1 aliphatic carbocycles. The lowest BCUT2D eigenvalue weighted by atomic mass is 10.0. The van der Waals surface area contributed by atoms with E-state index in [2.05, 4.69) is 24.4 Å². The van der Waals surface area contributed by atoms with Gasteiger partial charge in [-0.2, -0.15) is 0 Å². The van der Waals surface area contributed by atoms with Gasteiger partial charge in [0.05, 0.1) is 0 Å². The molecular formula is C12H16ClN. The molecular weight excluding hydrogens is 194 g/mol. The first-order chi connectivity index (χ1) is 6.81. The molecule has 0 amide bonds. The van der Waals surface area contributed by atoms with Crippen LogP contribution in [0, 0.1) is 5.92 Å². The van der Waals surface area contributed by atoms with Crippen molar-refractivity contribution in [2.24, 2.45) is 5.92 Å². The third kappa shape index (κ3) is 2.28. The normalized spacial score (nSPS) is 18.1. The van der Waals surface area contributed by atoms with Crippen LogP contribution in [0.2, 0.25) is 5.02 Å². The van der Waals surface area contributed by atoms with Crippen LogP contribution in [0.1, 0.15) is 31.4 Å². The van der Waals surface area contributed by atoms with E-state index in [1.165, 1.54) is 18.4 Å². The van der Waals surface area contributed by atoms with E-state index < -0.39 is 0 Å². The number of nitrogens with one attached hydrogen (secondary N) is 1. The van der Waals surface area contributed by atoms with Gasteiger partial charge in [-0.25, -0.2) is 0 Å². The van der Waals surface area contributed by atoms with E-state index in [1.54, 1.807) is 0 Å². The number of hydrogen-bond acceptors (Lipinski definition) is 1. The Hall–Kier alpha value is -0.530. The third-order valence-electron chi connectivity index (χ3n) is 2.75. The van der Waals surface area contributed by atoms with Gasteiger partial charge in [-0.1, -0.05) is 30.7 Å². The summed E-state index contributed by atoms with van der Waals surface area (Å²) in [7, 11) is 0. The maximum Gasteiger partial charge on any atom is 0.0406 e. The summed E-state index contributed by atoms with van der Waals surface area (Å²) in [6, 6.07) is 8.76. The molecule has 1 aromatic rings. The first-order valence-corrected chi connectivity index (χ1v) is 5.68. The maximum atomic E-state index is 5.87. The topological polar surface area (TPSA) is 12.0 Å². The molecule has 2 rings (SSSR count). The van der Waals surface area contributed by atoms with Crippen molar-refractivity contribution in [3.63, 3.8) is 0 Å². The number of rotatable bonds is 4. The lowest BCUT2D eigenvalue weighted by molar-refractivity contribution is 0.496. The Morgan fingerprint density at radius 2 is 2.00 bits per heavy atom. The van der Waals surface area contributed by atoms with Crippen LogP contribution in [0.3, 0.4) is 0 Å². The summed E-state index contributed by atoms with van der Waals surface area (Å²) < 4.78 is 0. The van der Waals surface area contributed by atoms with E-state index in [-0.39, 0.29) is 0 Å². The number of hydrogen-bond donors (Lipinski definition) is 1. The molecule has 1 fully saturated rings. The molecule has 0 heterocycles. The third-order valence-corrected chi connectivity index (χ3v) is 3.00. The lowest BCUT2D eigenvalue weighted by Gasteiger charge is -2.17. The van der Waals surface area contributed by atoms with E-state index >= 15 is 0 Å². The zero-order chi connectivity index (χ0) is 9.97. The molecule has 1 nitrogen and oxygen atoms in total. The highest BCUT2D eigenvalue weighted by Gasteiger charge is 2.31. The van der Waals surface area contributed by atoms with Gasteiger partial charge in [0.2, 0.25) is 0 Å². The molecule has 1 saturated carbocycles. The van der Waals surface area contributed by atoms with E-state index in [0.29, 0.717) is 6.04 Å². The number of benzene rings is 1. The van der Waals surface area contributed by atoms with Gasteiger partial charge in [-0.15, -0.1) is 0 Å². The molecule has 1 aromatic carbocycles. The SMILES string of the molecule is CCNC(c1ccc(Cl)cc1)C1CC1. The monoisotopic (exact) mass is 209 g/mol. The van der Waals surface area contributed by atoms with Crippen molar-refractivity contribution in [3.8, 4) is 0 Å². The fourth-order valence-corrected chi connectivity index (χ4v) is 2.00. The molecule has 14 heavy (non-hydrogen) atoms. The zero-order valence-electron chi connectivity index (χ0n) is 8.46. The highest BCUT2D eigenvalue weighted by Crippen LogP contribution is 2.40. The second-order valence-corrected chi connectivity index (χ2v) is 4.36. The fourth-order valence-electron chi connectivity index (χ4n) is 1.88. The van der Waals surface area contributed by atoms with E-state index in [4.69, 9.17) is 11.6 Å². The Balaban J connectivity index is 2.13. The van der Waals surface area contributed by atoms with Crippen LogP contribution in [0.25, 0.3) is 0 Å².